The van der Waals surface area contributed by atoms with E-state index >= 15 is 0 Å². The molecule has 0 aromatic rings. The molecule has 2 aliphatic rings. The van der Waals surface area contributed by atoms with Crippen LogP contribution in [0.3, 0.4) is 0 Å². The van der Waals surface area contributed by atoms with Crippen molar-refractivity contribution in [2.75, 3.05) is 26.4 Å². The van der Waals surface area contributed by atoms with E-state index in [9.17, 15) is 0 Å². The van der Waals surface area contributed by atoms with E-state index in [1.165, 1.54) is 12.8 Å². The van der Waals surface area contributed by atoms with Crippen molar-refractivity contribution in [2.24, 2.45) is 17.1 Å². The lowest BCUT2D eigenvalue weighted by Gasteiger charge is -2.48. The molecule has 0 aromatic carbocycles. The van der Waals surface area contributed by atoms with Crippen molar-refractivity contribution < 1.29 is 9.47 Å². The van der Waals surface area contributed by atoms with E-state index in [0.29, 0.717) is 5.41 Å². The van der Waals surface area contributed by atoms with Crippen molar-refractivity contribution in [1.29, 1.82) is 0 Å². The molecule has 1 spiro atoms. The molecule has 0 aliphatic carbocycles. The zero-order valence-corrected chi connectivity index (χ0v) is 11.3. The summed E-state index contributed by atoms with van der Waals surface area (Å²) in [5.41, 5.74) is 6.21. The number of ether oxygens (including phenoxy) is 2. The maximum absolute atomic E-state index is 6.10. The summed E-state index contributed by atoms with van der Waals surface area (Å²) >= 11 is 0. The average molecular weight is 241 g/mol. The van der Waals surface area contributed by atoms with E-state index in [0.717, 1.165) is 51.5 Å². The van der Waals surface area contributed by atoms with Gasteiger partial charge >= 0.3 is 0 Å². The van der Waals surface area contributed by atoms with Gasteiger partial charge in [0.15, 0.2) is 0 Å². The monoisotopic (exact) mass is 241 g/mol. The van der Waals surface area contributed by atoms with Crippen LogP contribution < -0.4 is 5.73 Å². The zero-order valence-electron chi connectivity index (χ0n) is 11.3. The molecule has 3 heteroatoms. The molecule has 0 amide bonds. The van der Waals surface area contributed by atoms with Crippen molar-refractivity contribution in [3.8, 4) is 0 Å². The first-order valence-electron chi connectivity index (χ1n) is 7.00. The van der Waals surface area contributed by atoms with Gasteiger partial charge in [-0.3, -0.25) is 0 Å². The summed E-state index contributed by atoms with van der Waals surface area (Å²) in [6.07, 6.45) is 5.65. The van der Waals surface area contributed by atoms with Gasteiger partial charge in [-0.05, 0) is 50.0 Å². The third-order valence-corrected chi connectivity index (χ3v) is 4.79. The van der Waals surface area contributed by atoms with Crippen LogP contribution in [0.5, 0.6) is 0 Å². The molecule has 2 heterocycles. The number of hydrogen-bond acceptors (Lipinski definition) is 3. The predicted molar refractivity (Wildman–Crippen MR) is 68.9 cm³/mol. The molecule has 1 unspecified atom stereocenters. The van der Waals surface area contributed by atoms with Crippen molar-refractivity contribution in [1.82, 2.24) is 0 Å². The maximum Gasteiger partial charge on any atom is 0.0729 e. The van der Waals surface area contributed by atoms with Crippen LogP contribution in [0.1, 0.15) is 46.0 Å². The Morgan fingerprint density at radius 3 is 2.59 bits per heavy atom. The third kappa shape index (κ3) is 3.01. The summed E-state index contributed by atoms with van der Waals surface area (Å²) in [5, 5.41) is 0. The normalized spacial score (nSPS) is 29.5. The Labute approximate surface area is 105 Å². The molecule has 2 fully saturated rings. The van der Waals surface area contributed by atoms with Crippen molar-refractivity contribution in [2.45, 2.75) is 51.6 Å². The van der Waals surface area contributed by atoms with Gasteiger partial charge in [0.1, 0.15) is 0 Å². The van der Waals surface area contributed by atoms with Crippen LogP contribution in [-0.4, -0.2) is 32.0 Å². The molecule has 3 nitrogen and oxygen atoms in total. The summed E-state index contributed by atoms with van der Waals surface area (Å²) in [7, 11) is 0. The second-order valence-electron chi connectivity index (χ2n) is 6.36. The van der Waals surface area contributed by atoms with Crippen LogP contribution in [0.2, 0.25) is 0 Å². The van der Waals surface area contributed by atoms with Gasteiger partial charge in [-0.25, -0.2) is 0 Å². The van der Waals surface area contributed by atoms with Crippen LogP contribution in [0.25, 0.3) is 0 Å². The van der Waals surface area contributed by atoms with Crippen LogP contribution >= 0.6 is 0 Å². The molecule has 0 radical (unpaired) electrons. The lowest BCUT2D eigenvalue weighted by atomic mass is 9.67. The highest BCUT2D eigenvalue weighted by molar-refractivity contribution is 4.93. The topological polar surface area (TPSA) is 44.5 Å². The van der Waals surface area contributed by atoms with E-state index in [4.69, 9.17) is 15.2 Å². The van der Waals surface area contributed by atoms with Gasteiger partial charge in [-0.15, -0.1) is 0 Å². The fourth-order valence-corrected chi connectivity index (χ4v) is 3.36. The fraction of sp³-hybridized carbons (Fsp3) is 1.00. The van der Waals surface area contributed by atoms with E-state index in [-0.39, 0.29) is 5.60 Å². The fourth-order valence-electron chi connectivity index (χ4n) is 3.36. The maximum atomic E-state index is 6.10. The Hall–Kier alpha value is -0.120. The second kappa shape index (κ2) is 5.25. The lowest BCUT2D eigenvalue weighted by molar-refractivity contribution is -0.159. The quantitative estimate of drug-likeness (QED) is 0.825. The molecular formula is C14H27NO2. The average Bonchev–Trinajstić information content (AvgIpc) is 2.30. The van der Waals surface area contributed by atoms with Gasteiger partial charge in [0, 0.05) is 19.8 Å². The standard InChI is InChI=1S/C14H27NO2/c1-13(2,4-7-15)12-3-8-17-14(11-12)5-9-16-10-6-14/h12H,3-11,15H2,1-2H3. The van der Waals surface area contributed by atoms with Crippen LogP contribution in [-0.2, 0) is 9.47 Å². The smallest absolute Gasteiger partial charge is 0.0729 e. The van der Waals surface area contributed by atoms with Crippen molar-refractivity contribution in [3.63, 3.8) is 0 Å². The Kier molecular flexibility index (Phi) is 4.11. The van der Waals surface area contributed by atoms with Gasteiger partial charge in [-0.2, -0.15) is 0 Å². The predicted octanol–water partition coefficient (Wildman–Crippen LogP) is 2.34. The first kappa shape index (κ1) is 13.3. The molecular weight excluding hydrogens is 214 g/mol. The van der Waals surface area contributed by atoms with Crippen LogP contribution in [0, 0.1) is 11.3 Å². The SMILES string of the molecule is CC(C)(CCN)C1CCOC2(CCOCC2)C1. The second-order valence-corrected chi connectivity index (χ2v) is 6.36. The van der Waals surface area contributed by atoms with Gasteiger partial charge < -0.3 is 15.2 Å². The minimum absolute atomic E-state index is 0.118. The van der Waals surface area contributed by atoms with Crippen LogP contribution in [0.4, 0.5) is 0 Å². The van der Waals surface area contributed by atoms with E-state index < -0.39 is 0 Å². The Bertz CT molecular complexity index is 241. The minimum atomic E-state index is 0.118. The molecule has 0 bridgehead atoms. The lowest BCUT2D eigenvalue weighted by Crippen LogP contribution is -2.47. The van der Waals surface area contributed by atoms with Gasteiger partial charge in [-0.1, -0.05) is 13.8 Å². The Morgan fingerprint density at radius 2 is 1.94 bits per heavy atom. The highest BCUT2D eigenvalue weighted by Crippen LogP contribution is 2.45. The van der Waals surface area contributed by atoms with Crippen molar-refractivity contribution >= 4 is 0 Å². The molecule has 0 aromatic heterocycles. The highest BCUT2D eigenvalue weighted by atomic mass is 16.5. The summed E-state index contributed by atoms with van der Waals surface area (Å²) in [5.74, 6) is 0.748. The Balaban J connectivity index is 2.00. The minimum Gasteiger partial charge on any atom is -0.381 e. The first-order valence-corrected chi connectivity index (χ1v) is 7.00. The summed E-state index contributed by atoms with van der Waals surface area (Å²) in [6.45, 7) is 8.17. The van der Waals surface area contributed by atoms with Gasteiger partial charge in [0.2, 0.25) is 0 Å². The van der Waals surface area contributed by atoms with E-state index in [2.05, 4.69) is 13.8 Å². The largest absolute Gasteiger partial charge is 0.381 e. The van der Waals surface area contributed by atoms with E-state index in [1.54, 1.807) is 0 Å². The number of rotatable bonds is 3. The molecule has 2 saturated heterocycles. The summed E-state index contributed by atoms with van der Waals surface area (Å²) < 4.78 is 11.6. The number of hydrogen-bond donors (Lipinski definition) is 1. The highest BCUT2D eigenvalue weighted by Gasteiger charge is 2.43. The van der Waals surface area contributed by atoms with Gasteiger partial charge in [0.25, 0.3) is 0 Å². The molecule has 2 rings (SSSR count). The van der Waals surface area contributed by atoms with E-state index in [1.807, 2.05) is 0 Å². The summed E-state index contributed by atoms with van der Waals surface area (Å²) in [4.78, 5) is 0. The molecule has 1 atom stereocenters. The zero-order chi connectivity index (χ0) is 12.4. The van der Waals surface area contributed by atoms with Gasteiger partial charge in [0.05, 0.1) is 5.60 Å². The molecule has 100 valence electrons. The van der Waals surface area contributed by atoms with Crippen molar-refractivity contribution in [3.05, 3.63) is 0 Å². The summed E-state index contributed by atoms with van der Waals surface area (Å²) in [6, 6.07) is 0. The molecule has 2 N–H and O–H groups in total. The third-order valence-electron chi connectivity index (χ3n) is 4.79. The number of nitrogens with two attached hydrogens (primary N) is 1. The van der Waals surface area contributed by atoms with Crippen LogP contribution in [0.15, 0.2) is 0 Å². The molecule has 17 heavy (non-hydrogen) atoms. The first-order chi connectivity index (χ1) is 8.08. The molecule has 2 aliphatic heterocycles. The Morgan fingerprint density at radius 1 is 1.24 bits per heavy atom. The molecule has 0 saturated carbocycles.